The molecule has 0 spiro atoms. The van der Waals surface area contributed by atoms with Gasteiger partial charge in [-0.25, -0.2) is 0 Å². The Morgan fingerprint density at radius 3 is 2.40 bits per heavy atom. The van der Waals surface area contributed by atoms with Gasteiger partial charge in [-0.05, 0) is 44.2 Å². The summed E-state index contributed by atoms with van der Waals surface area (Å²) in [5, 5.41) is 3.19. The highest BCUT2D eigenvalue weighted by molar-refractivity contribution is 5.88. The first-order valence-corrected chi connectivity index (χ1v) is 11.2. The molecule has 2 aromatic carbocycles. The van der Waals surface area contributed by atoms with Crippen LogP contribution in [0.2, 0.25) is 0 Å². The number of carbonyl (C=O) groups is 2. The normalized spacial score (nSPS) is 15.4. The Bertz CT molecular complexity index is 828. The number of hydrogen-bond acceptors (Lipinski definition) is 2. The van der Waals surface area contributed by atoms with E-state index in [9.17, 15) is 9.59 Å². The van der Waals surface area contributed by atoms with Crippen LogP contribution in [0, 0.1) is 6.92 Å². The molecule has 0 unspecified atom stereocenters. The van der Waals surface area contributed by atoms with Crippen molar-refractivity contribution in [2.45, 2.75) is 70.9 Å². The Morgan fingerprint density at radius 1 is 1.00 bits per heavy atom. The fraction of sp³-hybridized carbons (Fsp3) is 0.462. The van der Waals surface area contributed by atoms with Crippen molar-refractivity contribution in [3.8, 4) is 0 Å². The lowest BCUT2D eigenvalue weighted by atomic mass is 9.95. The molecule has 1 N–H and O–H groups in total. The van der Waals surface area contributed by atoms with Crippen molar-refractivity contribution >= 4 is 11.8 Å². The van der Waals surface area contributed by atoms with Crippen LogP contribution in [-0.2, 0) is 22.4 Å². The Morgan fingerprint density at radius 2 is 1.70 bits per heavy atom. The highest BCUT2D eigenvalue weighted by Gasteiger charge is 2.27. The number of nitrogens with zero attached hydrogens (tertiary/aromatic N) is 1. The molecule has 2 amide bonds. The summed E-state index contributed by atoms with van der Waals surface area (Å²) in [4.78, 5) is 28.0. The van der Waals surface area contributed by atoms with Crippen molar-refractivity contribution in [3.63, 3.8) is 0 Å². The van der Waals surface area contributed by atoms with Gasteiger partial charge in [0.1, 0.15) is 6.04 Å². The van der Waals surface area contributed by atoms with E-state index in [4.69, 9.17) is 0 Å². The highest BCUT2D eigenvalue weighted by Crippen LogP contribution is 2.18. The summed E-state index contributed by atoms with van der Waals surface area (Å²) >= 11 is 0. The average Bonchev–Trinajstić information content (AvgIpc) is 2.75. The van der Waals surface area contributed by atoms with Crippen molar-refractivity contribution in [2.75, 3.05) is 6.54 Å². The quantitative estimate of drug-likeness (QED) is 0.704. The summed E-state index contributed by atoms with van der Waals surface area (Å²) in [6.07, 6.45) is 6.73. The predicted molar refractivity (Wildman–Crippen MR) is 121 cm³/mol. The minimum absolute atomic E-state index is 0.00262. The smallest absolute Gasteiger partial charge is 0.242 e. The van der Waals surface area contributed by atoms with Gasteiger partial charge in [-0.3, -0.25) is 9.59 Å². The van der Waals surface area contributed by atoms with Crippen LogP contribution in [0.5, 0.6) is 0 Å². The zero-order chi connectivity index (χ0) is 21.3. The van der Waals surface area contributed by atoms with Gasteiger partial charge in [-0.1, -0.05) is 79.4 Å². The molecule has 3 rings (SSSR count). The molecule has 4 heteroatoms. The number of hydrogen-bond donors (Lipinski definition) is 1. The summed E-state index contributed by atoms with van der Waals surface area (Å²) in [6.45, 7) is 4.42. The van der Waals surface area contributed by atoms with Crippen LogP contribution >= 0.6 is 0 Å². The second-order valence-electron chi connectivity index (χ2n) is 8.51. The number of aryl methyl sites for hydroxylation is 1. The molecule has 1 atom stereocenters. The molecule has 2 aromatic rings. The third kappa shape index (κ3) is 6.45. The first-order chi connectivity index (χ1) is 14.5. The molecule has 0 radical (unpaired) electrons. The number of carbonyl (C=O) groups excluding carboxylic acids is 2. The maximum absolute atomic E-state index is 13.2. The van der Waals surface area contributed by atoms with Crippen molar-refractivity contribution in [3.05, 3.63) is 71.3 Å². The molecule has 1 aliphatic carbocycles. The summed E-state index contributed by atoms with van der Waals surface area (Å²) in [7, 11) is 0. The van der Waals surface area contributed by atoms with Crippen LogP contribution < -0.4 is 5.32 Å². The lowest BCUT2D eigenvalue weighted by Gasteiger charge is -2.31. The molecule has 1 saturated carbocycles. The van der Waals surface area contributed by atoms with Gasteiger partial charge in [0.05, 0.1) is 6.42 Å². The van der Waals surface area contributed by atoms with Crippen LogP contribution in [-0.4, -0.2) is 35.3 Å². The number of nitrogens with one attached hydrogen (secondary N) is 1. The predicted octanol–water partition coefficient (Wildman–Crippen LogP) is 4.45. The molecule has 0 aliphatic heterocycles. The zero-order valence-corrected chi connectivity index (χ0v) is 18.3. The molecule has 0 bridgehead atoms. The van der Waals surface area contributed by atoms with Gasteiger partial charge in [0.2, 0.25) is 11.8 Å². The first-order valence-electron chi connectivity index (χ1n) is 11.2. The average molecular weight is 407 g/mol. The molecule has 0 heterocycles. The molecule has 1 fully saturated rings. The van der Waals surface area contributed by atoms with E-state index in [1.54, 1.807) is 4.90 Å². The van der Waals surface area contributed by atoms with E-state index in [0.717, 1.165) is 30.4 Å². The largest absolute Gasteiger partial charge is 0.352 e. The Balaban J connectivity index is 1.69. The molecular formula is C26H34N2O2. The van der Waals surface area contributed by atoms with Gasteiger partial charge in [-0.15, -0.1) is 0 Å². The van der Waals surface area contributed by atoms with Crippen molar-refractivity contribution in [1.82, 2.24) is 10.2 Å². The van der Waals surface area contributed by atoms with Gasteiger partial charge in [0.15, 0.2) is 0 Å². The zero-order valence-electron chi connectivity index (χ0n) is 18.3. The van der Waals surface area contributed by atoms with Crippen LogP contribution in [0.4, 0.5) is 0 Å². The van der Waals surface area contributed by atoms with Crippen molar-refractivity contribution in [1.29, 1.82) is 0 Å². The minimum Gasteiger partial charge on any atom is -0.352 e. The summed E-state index contributed by atoms with van der Waals surface area (Å²) in [5.74, 6) is -0.0321. The minimum atomic E-state index is -0.479. The maximum Gasteiger partial charge on any atom is 0.242 e. The third-order valence-electron chi connectivity index (χ3n) is 6.04. The molecular weight excluding hydrogens is 372 g/mol. The first kappa shape index (κ1) is 22.1. The van der Waals surface area contributed by atoms with Crippen LogP contribution in [0.15, 0.2) is 54.6 Å². The summed E-state index contributed by atoms with van der Waals surface area (Å²) in [5.41, 5.74) is 3.30. The van der Waals surface area contributed by atoms with Crippen molar-refractivity contribution < 1.29 is 9.59 Å². The third-order valence-corrected chi connectivity index (χ3v) is 6.04. The summed E-state index contributed by atoms with van der Waals surface area (Å²) in [6, 6.07) is 17.9. The van der Waals surface area contributed by atoms with Crippen molar-refractivity contribution in [2.24, 2.45) is 0 Å². The van der Waals surface area contributed by atoms with Gasteiger partial charge in [0, 0.05) is 12.6 Å². The molecule has 160 valence electrons. The van der Waals surface area contributed by atoms with E-state index < -0.39 is 6.04 Å². The van der Waals surface area contributed by atoms with Gasteiger partial charge in [-0.2, -0.15) is 0 Å². The monoisotopic (exact) mass is 406 g/mol. The number of benzene rings is 2. The second kappa shape index (κ2) is 11.0. The summed E-state index contributed by atoms with van der Waals surface area (Å²) < 4.78 is 0. The Hall–Kier alpha value is -2.62. The van der Waals surface area contributed by atoms with E-state index in [2.05, 4.69) is 17.4 Å². The molecule has 1 aliphatic rings. The molecule has 4 nitrogen and oxygen atoms in total. The Kier molecular flexibility index (Phi) is 8.06. The van der Waals surface area contributed by atoms with Crippen LogP contribution in [0.1, 0.15) is 55.7 Å². The van der Waals surface area contributed by atoms with Crippen LogP contribution in [0.25, 0.3) is 0 Å². The highest BCUT2D eigenvalue weighted by atomic mass is 16.2. The lowest BCUT2D eigenvalue weighted by Crippen LogP contribution is -2.51. The topological polar surface area (TPSA) is 49.4 Å². The second-order valence-corrected chi connectivity index (χ2v) is 8.51. The van der Waals surface area contributed by atoms with E-state index in [-0.39, 0.29) is 17.9 Å². The van der Waals surface area contributed by atoms with E-state index in [0.29, 0.717) is 13.0 Å². The number of amides is 2. The Labute approximate surface area is 180 Å². The molecule has 0 saturated heterocycles. The lowest BCUT2D eigenvalue weighted by molar-refractivity contribution is -0.139. The fourth-order valence-corrected chi connectivity index (χ4v) is 4.24. The SMILES string of the molecule is Cc1cccc(CC(=O)N(CCc2ccccc2)[C@H](C)C(=O)NC2CCCCC2)c1. The van der Waals surface area contributed by atoms with Gasteiger partial charge >= 0.3 is 0 Å². The fourth-order valence-electron chi connectivity index (χ4n) is 4.24. The molecule has 0 aromatic heterocycles. The molecule has 30 heavy (non-hydrogen) atoms. The van der Waals surface area contributed by atoms with E-state index in [1.165, 1.54) is 24.8 Å². The van der Waals surface area contributed by atoms with E-state index >= 15 is 0 Å². The van der Waals surface area contributed by atoms with Gasteiger partial charge in [0.25, 0.3) is 0 Å². The van der Waals surface area contributed by atoms with E-state index in [1.807, 2.05) is 56.3 Å². The van der Waals surface area contributed by atoms with Crippen LogP contribution in [0.3, 0.4) is 0 Å². The standard InChI is InChI=1S/C26H34N2O2/c1-20-10-9-13-23(18-20)19-25(29)28(17-16-22-11-5-3-6-12-22)21(2)26(30)27-24-14-7-4-8-15-24/h3,5-6,9-13,18,21,24H,4,7-8,14-17,19H2,1-2H3,(H,27,30)/t21-/m1/s1. The van der Waals surface area contributed by atoms with Gasteiger partial charge < -0.3 is 10.2 Å². The number of rotatable bonds is 8. The maximum atomic E-state index is 13.2.